The Morgan fingerprint density at radius 1 is 1.07 bits per heavy atom. The van der Waals surface area contributed by atoms with E-state index < -0.39 is 15.9 Å². The number of benzene rings is 2. The van der Waals surface area contributed by atoms with Crippen LogP contribution < -0.4 is 15.4 Å². The van der Waals surface area contributed by atoms with Crippen molar-refractivity contribution in [3.63, 3.8) is 0 Å². The molecule has 1 aliphatic carbocycles. The number of amides is 2. The van der Waals surface area contributed by atoms with E-state index in [-0.39, 0.29) is 39.7 Å². The molecule has 0 saturated heterocycles. The van der Waals surface area contributed by atoms with Crippen LogP contribution in [0.25, 0.3) is 0 Å². The van der Waals surface area contributed by atoms with Gasteiger partial charge in [0.2, 0.25) is 5.91 Å². The number of hydrogen-bond donors (Lipinski definition) is 3. The molecule has 0 heterocycles. The highest BCUT2D eigenvalue weighted by Crippen LogP contribution is 2.24. The Hall–Kier alpha value is -2.58. The average molecular weight is 408 g/mol. The molecule has 3 rings (SSSR count). The van der Waals surface area contributed by atoms with E-state index >= 15 is 0 Å². The smallest absolute Gasteiger partial charge is 0.261 e. The van der Waals surface area contributed by atoms with Crippen LogP contribution in [-0.4, -0.2) is 32.8 Å². The maximum Gasteiger partial charge on any atom is 0.261 e. The van der Waals surface area contributed by atoms with Crippen LogP contribution in [0.1, 0.15) is 23.2 Å². The minimum absolute atomic E-state index is 0.0856. The van der Waals surface area contributed by atoms with Gasteiger partial charge < -0.3 is 10.6 Å². The minimum Gasteiger partial charge on any atom is -0.352 e. The SMILES string of the molecule is O=C(CNC(=O)c1cccc(S(=O)(=O)Nc2ccccc2Cl)c1)NC1CC1. The van der Waals surface area contributed by atoms with Crippen molar-refractivity contribution in [1.82, 2.24) is 10.6 Å². The number of carbonyl (C=O) groups excluding carboxylic acids is 2. The summed E-state index contributed by atoms with van der Waals surface area (Å²) in [4.78, 5) is 23.8. The number of anilines is 1. The van der Waals surface area contributed by atoms with E-state index in [0.29, 0.717) is 0 Å². The van der Waals surface area contributed by atoms with Crippen LogP contribution in [0.3, 0.4) is 0 Å². The fourth-order valence-electron chi connectivity index (χ4n) is 2.32. The van der Waals surface area contributed by atoms with Crippen LogP contribution in [-0.2, 0) is 14.8 Å². The summed E-state index contributed by atoms with van der Waals surface area (Å²) in [5, 5.41) is 5.50. The van der Waals surface area contributed by atoms with Crippen molar-refractivity contribution in [2.45, 2.75) is 23.8 Å². The lowest BCUT2D eigenvalue weighted by molar-refractivity contribution is -0.120. The first-order valence-electron chi connectivity index (χ1n) is 8.30. The summed E-state index contributed by atoms with van der Waals surface area (Å²) in [5.74, 6) is -0.800. The van der Waals surface area contributed by atoms with Crippen molar-refractivity contribution in [2.24, 2.45) is 0 Å². The van der Waals surface area contributed by atoms with Gasteiger partial charge in [0.25, 0.3) is 15.9 Å². The molecule has 0 aromatic heterocycles. The van der Waals surface area contributed by atoms with Crippen LogP contribution >= 0.6 is 11.6 Å². The van der Waals surface area contributed by atoms with Crippen molar-refractivity contribution in [3.8, 4) is 0 Å². The number of carbonyl (C=O) groups is 2. The summed E-state index contributed by atoms with van der Waals surface area (Å²) < 4.78 is 27.5. The minimum atomic E-state index is -3.92. The fourth-order valence-corrected chi connectivity index (χ4v) is 3.69. The second kappa shape index (κ2) is 7.98. The van der Waals surface area contributed by atoms with Gasteiger partial charge in [0.1, 0.15) is 0 Å². The molecule has 3 N–H and O–H groups in total. The highest BCUT2D eigenvalue weighted by atomic mass is 35.5. The highest BCUT2D eigenvalue weighted by Gasteiger charge is 2.23. The Morgan fingerprint density at radius 2 is 1.81 bits per heavy atom. The lowest BCUT2D eigenvalue weighted by atomic mass is 10.2. The molecule has 0 spiro atoms. The standard InChI is InChI=1S/C18H18ClN3O4S/c19-15-6-1-2-7-16(15)22-27(25,26)14-5-3-4-12(10-14)18(24)20-11-17(23)21-13-8-9-13/h1-7,10,13,22H,8-9,11H2,(H,20,24)(H,21,23). The van der Waals surface area contributed by atoms with Crippen LogP contribution in [0.15, 0.2) is 53.4 Å². The van der Waals surface area contributed by atoms with Crippen molar-refractivity contribution >= 4 is 39.1 Å². The first kappa shape index (κ1) is 19.2. The van der Waals surface area contributed by atoms with Gasteiger partial charge in [-0.05, 0) is 43.2 Å². The lowest BCUT2D eigenvalue weighted by Crippen LogP contribution is -2.37. The highest BCUT2D eigenvalue weighted by molar-refractivity contribution is 7.92. The zero-order valence-corrected chi connectivity index (χ0v) is 15.8. The Bertz CT molecular complexity index is 974. The lowest BCUT2D eigenvalue weighted by Gasteiger charge is -2.11. The molecule has 27 heavy (non-hydrogen) atoms. The van der Waals surface area contributed by atoms with E-state index in [0.717, 1.165) is 12.8 Å². The van der Waals surface area contributed by atoms with Gasteiger partial charge in [-0.1, -0.05) is 29.8 Å². The van der Waals surface area contributed by atoms with E-state index in [1.807, 2.05) is 0 Å². The van der Waals surface area contributed by atoms with Crippen LogP contribution in [0.5, 0.6) is 0 Å². The zero-order chi connectivity index (χ0) is 19.4. The van der Waals surface area contributed by atoms with Crippen LogP contribution in [0.4, 0.5) is 5.69 Å². The van der Waals surface area contributed by atoms with Crippen molar-refractivity contribution in [2.75, 3.05) is 11.3 Å². The fraction of sp³-hybridized carbons (Fsp3) is 0.222. The molecule has 0 aliphatic heterocycles. The molecule has 0 unspecified atom stereocenters. The Morgan fingerprint density at radius 3 is 2.52 bits per heavy atom. The van der Waals surface area contributed by atoms with E-state index in [9.17, 15) is 18.0 Å². The Balaban J connectivity index is 1.69. The predicted molar refractivity (Wildman–Crippen MR) is 102 cm³/mol. The zero-order valence-electron chi connectivity index (χ0n) is 14.2. The number of sulfonamides is 1. The maximum atomic E-state index is 12.6. The topological polar surface area (TPSA) is 104 Å². The maximum absolute atomic E-state index is 12.6. The molecule has 1 fully saturated rings. The molecule has 7 nitrogen and oxygen atoms in total. The summed E-state index contributed by atoms with van der Waals surface area (Å²) in [5.41, 5.74) is 0.377. The summed E-state index contributed by atoms with van der Waals surface area (Å²) in [6.07, 6.45) is 1.91. The summed E-state index contributed by atoms with van der Waals surface area (Å²) in [6.45, 7) is -0.163. The van der Waals surface area contributed by atoms with Crippen LogP contribution in [0, 0.1) is 0 Å². The second-order valence-corrected chi connectivity index (χ2v) is 8.23. The molecular weight excluding hydrogens is 390 g/mol. The van der Waals surface area contributed by atoms with E-state index in [2.05, 4.69) is 15.4 Å². The molecule has 1 saturated carbocycles. The molecule has 9 heteroatoms. The second-order valence-electron chi connectivity index (χ2n) is 6.14. The quantitative estimate of drug-likeness (QED) is 0.654. The number of rotatable bonds is 7. The first-order chi connectivity index (χ1) is 12.8. The third kappa shape index (κ3) is 5.21. The molecule has 142 valence electrons. The summed E-state index contributed by atoms with van der Waals surface area (Å²) in [6, 6.07) is 12.2. The normalized spacial score (nSPS) is 13.7. The van der Waals surface area contributed by atoms with Gasteiger partial charge in [0.15, 0.2) is 0 Å². The van der Waals surface area contributed by atoms with Gasteiger partial charge in [0.05, 0.1) is 22.2 Å². The first-order valence-corrected chi connectivity index (χ1v) is 10.2. The molecule has 2 aromatic rings. The predicted octanol–water partition coefficient (Wildman–Crippen LogP) is 2.15. The molecule has 2 aromatic carbocycles. The third-order valence-electron chi connectivity index (χ3n) is 3.88. The molecule has 0 radical (unpaired) electrons. The van der Waals surface area contributed by atoms with Crippen LogP contribution in [0.2, 0.25) is 5.02 Å². The number of halogens is 1. The summed E-state index contributed by atoms with van der Waals surface area (Å²) in [7, 11) is -3.92. The van der Waals surface area contributed by atoms with Gasteiger partial charge in [-0.15, -0.1) is 0 Å². The Labute approximate surface area is 162 Å². The average Bonchev–Trinajstić information content (AvgIpc) is 3.45. The van der Waals surface area contributed by atoms with Gasteiger partial charge in [-0.3, -0.25) is 14.3 Å². The largest absolute Gasteiger partial charge is 0.352 e. The van der Waals surface area contributed by atoms with E-state index in [1.165, 1.54) is 30.3 Å². The van der Waals surface area contributed by atoms with Crippen molar-refractivity contribution in [3.05, 3.63) is 59.1 Å². The summed E-state index contributed by atoms with van der Waals surface area (Å²) >= 11 is 5.98. The van der Waals surface area contributed by atoms with Gasteiger partial charge in [0, 0.05) is 11.6 Å². The van der Waals surface area contributed by atoms with E-state index in [1.54, 1.807) is 18.2 Å². The third-order valence-corrected chi connectivity index (χ3v) is 5.57. The number of nitrogens with one attached hydrogen (secondary N) is 3. The van der Waals surface area contributed by atoms with E-state index in [4.69, 9.17) is 11.6 Å². The molecule has 0 atom stereocenters. The van der Waals surface area contributed by atoms with Gasteiger partial charge in [-0.2, -0.15) is 0 Å². The molecule has 1 aliphatic rings. The van der Waals surface area contributed by atoms with Gasteiger partial charge >= 0.3 is 0 Å². The Kier molecular flexibility index (Phi) is 5.67. The van der Waals surface area contributed by atoms with Gasteiger partial charge in [-0.25, -0.2) is 8.42 Å². The number of para-hydroxylation sites is 1. The molecule has 0 bridgehead atoms. The molecule has 2 amide bonds. The van der Waals surface area contributed by atoms with Crippen molar-refractivity contribution < 1.29 is 18.0 Å². The monoisotopic (exact) mass is 407 g/mol. The van der Waals surface area contributed by atoms with Crippen molar-refractivity contribution in [1.29, 1.82) is 0 Å². The molecular formula is C18H18ClN3O4S. The number of hydrogen-bond acceptors (Lipinski definition) is 4.